The van der Waals surface area contributed by atoms with Crippen molar-refractivity contribution in [3.05, 3.63) is 113 Å². The van der Waals surface area contributed by atoms with Gasteiger partial charge in [-0.1, -0.05) is 72.3 Å². The Labute approximate surface area is 157 Å². The Morgan fingerprint density at radius 1 is 0.731 bits per heavy atom. The number of nitrogens with zero attached hydrogens (tertiary/aromatic N) is 1. The van der Waals surface area contributed by atoms with Gasteiger partial charge in [0.1, 0.15) is 6.10 Å². The van der Waals surface area contributed by atoms with Crippen LogP contribution in [0.25, 0.3) is 16.8 Å². The molecule has 0 saturated heterocycles. The van der Waals surface area contributed by atoms with E-state index in [0.717, 1.165) is 27.9 Å². The van der Waals surface area contributed by atoms with E-state index in [9.17, 15) is 5.11 Å². The molecule has 0 fully saturated rings. The van der Waals surface area contributed by atoms with Crippen LogP contribution < -0.4 is 0 Å². The molecule has 2 nitrogen and oxygen atoms in total. The number of benzene rings is 3. The summed E-state index contributed by atoms with van der Waals surface area (Å²) in [6, 6.07) is 27.5. The average molecular weight is 360 g/mol. The van der Waals surface area contributed by atoms with Gasteiger partial charge >= 0.3 is 0 Å². The van der Waals surface area contributed by atoms with Crippen LogP contribution in [0.1, 0.15) is 17.2 Å². The van der Waals surface area contributed by atoms with E-state index in [0.29, 0.717) is 5.02 Å². The zero-order valence-corrected chi connectivity index (χ0v) is 14.8. The molecule has 0 amide bonds. The van der Waals surface area contributed by atoms with E-state index in [-0.39, 0.29) is 0 Å². The van der Waals surface area contributed by atoms with Crippen LogP contribution in [0.2, 0.25) is 5.02 Å². The molecule has 1 unspecified atom stereocenters. The highest BCUT2D eigenvalue weighted by atomic mass is 35.5. The zero-order valence-electron chi connectivity index (χ0n) is 14.1. The van der Waals surface area contributed by atoms with E-state index >= 15 is 0 Å². The number of aliphatic hydroxyl groups excluding tert-OH is 1. The first kappa shape index (κ1) is 16.6. The molecule has 3 aromatic carbocycles. The molecule has 0 bridgehead atoms. The van der Waals surface area contributed by atoms with E-state index in [4.69, 9.17) is 11.6 Å². The highest BCUT2D eigenvalue weighted by Crippen LogP contribution is 2.34. The van der Waals surface area contributed by atoms with Crippen molar-refractivity contribution in [3.8, 4) is 16.8 Å². The van der Waals surface area contributed by atoms with Gasteiger partial charge in [0, 0.05) is 34.2 Å². The topological polar surface area (TPSA) is 25.2 Å². The van der Waals surface area contributed by atoms with Gasteiger partial charge in [0.15, 0.2) is 0 Å². The van der Waals surface area contributed by atoms with Gasteiger partial charge in [-0.05, 0) is 35.4 Å². The van der Waals surface area contributed by atoms with Crippen LogP contribution in [-0.4, -0.2) is 9.67 Å². The van der Waals surface area contributed by atoms with E-state index in [1.165, 1.54) is 0 Å². The molecule has 4 aromatic rings. The summed E-state index contributed by atoms with van der Waals surface area (Å²) < 4.78 is 2.05. The Hall–Kier alpha value is -2.81. The quantitative estimate of drug-likeness (QED) is 0.483. The van der Waals surface area contributed by atoms with Crippen molar-refractivity contribution < 1.29 is 5.11 Å². The molecule has 0 aliphatic carbocycles. The van der Waals surface area contributed by atoms with Crippen LogP contribution in [0, 0.1) is 0 Å². The Bertz CT molecular complexity index is 992. The summed E-state index contributed by atoms with van der Waals surface area (Å²) in [7, 11) is 0. The lowest BCUT2D eigenvalue weighted by Crippen LogP contribution is -1.99. The number of para-hydroxylation sites is 1. The average Bonchev–Trinajstić information content (AvgIpc) is 3.15. The monoisotopic (exact) mass is 359 g/mol. The van der Waals surface area contributed by atoms with Crippen LogP contribution in [0.4, 0.5) is 0 Å². The van der Waals surface area contributed by atoms with Crippen molar-refractivity contribution >= 4 is 11.6 Å². The number of aliphatic hydroxyl groups is 1. The van der Waals surface area contributed by atoms with Crippen LogP contribution in [0.3, 0.4) is 0 Å². The largest absolute Gasteiger partial charge is 0.384 e. The van der Waals surface area contributed by atoms with Gasteiger partial charge in [-0.25, -0.2) is 0 Å². The molecule has 1 heterocycles. The van der Waals surface area contributed by atoms with E-state index in [2.05, 4.69) is 6.20 Å². The number of aromatic nitrogens is 1. The Morgan fingerprint density at radius 2 is 1.35 bits per heavy atom. The van der Waals surface area contributed by atoms with Gasteiger partial charge in [-0.3, -0.25) is 0 Å². The Balaban J connectivity index is 1.85. The van der Waals surface area contributed by atoms with Gasteiger partial charge in [-0.15, -0.1) is 0 Å². The SMILES string of the molecule is OC(c1ccccc1)c1cn(-c2ccccc2)cc1-c1ccc(Cl)cc1. The highest BCUT2D eigenvalue weighted by molar-refractivity contribution is 6.30. The second-order valence-corrected chi connectivity index (χ2v) is 6.63. The number of rotatable bonds is 4. The predicted molar refractivity (Wildman–Crippen MR) is 107 cm³/mol. The number of hydrogen-bond donors (Lipinski definition) is 1. The van der Waals surface area contributed by atoms with Gasteiger partial charge in [-0.2, -0.15) is 0 Å². The lowest BCUT2D eigenvalue weighted by molar-refractivity contribution is 0.221. The molecular formula is C23H18ClNO. The van der Waals surface area contributed by atoms with Crippen LogP contribution in [0.15, 0.2) is 97.3 Å². The lowest BCUT2D eigenvalue weighted by atomic mass is 9.97. The first-order chi connectivity index (χ1) is 12.7. The first-order valence-corrected chi connectivity index (χ1v) is 8.86. The molecule has 1 N–H and O–H groups in total. The summed E-state index contributed by atoms with van der Waals surface area (Å²) in [5.74, 6) is 0. The highest BCUT2D eigenvalue weighted by Gasteiger charge is 2.18. The summed E-state index contributed by atoms with van der Waals surface area (Å²) in [5.41, 5.74) is 4.79. The molecule has 0 radical (unpaired) electrons. The summed E-state index contributed by atoms with van der Waals surface area (Å²) in [4.78, 5) is 0. The van der Waals surface area contributed by atoms with Gasteiger partial charge in [0.2, 0.25) is 0 Å². The minimum absolute atomic E-state index is 0.696. The minimum Gasteiger partial charge on any atom is -0.384 e. The second-order valence-electron chi connectivity index (χ2n) is 6.19. The lowest BCUT2D eigenvalue weighted by Gasteiger charge is -2.12. The standard InChI is InChI=1S/C23H18ClNO/c24-19-13-11-17(12-14-19)21-15-25(20-9-5-2-6-10-20)16-22(21)23(26)18-7-3-1-4-8-18/h1-16,23,26H. The molecule has 3 heteroatoms. The summed E-state index contributed by atoms with van der Waals surface area (Å²) >= 11 is 6.04. The number of hydrogen-bond acceptors (Lipinski definition) is 1. The van der Waals surface area contributed by atoms with Crippen LogP contribution >= 0.6 is 11.6 Å². The minimum atomic E-state index is -0.702. The molecule has 0 aliphatic rings. The van der Waals surface area contributed by atoms with Crippen molar-refractivity contribution in [1.82, 2.24) is 4.57 Å². The molecule has 0 saturated carbocycles. The van der Waals surface area contributed by atoms with E-state index < -0.39 is 6.10 Å². The molecule has 1 atom stereocenters. The molecule has 4 rings (SSSR count). The fourth-order valence-corrected chi connectivity index (χ4v) is 3.25. The first-order valence-electron chi connectivity index (χ1n) is 8.48. The summed E-state index contributed by atoms with van der Waals surface area (Å²) in [6.45, 7) is 0. The van der Waals surface area contributed by atoms with Crippen molar-refractivity contribution in [2.45, 2.75) is 6.10 Å². The van der Waals surface area contributed by atoms with Gasteiger partial charge in [0.05, 0.1) is 0 Å². The van der Waals surface area contributed by atoms with Crippen LogP contribution in [-0.2, 0) is 0 Å². The molecule has 1 aromatic heterocycles. The fourth-order valence-electron chi connectivity index (χ4n) is 3.12. The van der Waals surface area contributed by atoms with Gasteiger partial charge in [0.25, 0.3) is 0 Å². The van der Waals surface area contributed by atoms with E-state index in [1.54, 1.807) is 0 Å². The van der Waals surface area contributed by atoms with Gasteiger partial charge < -0.3 is 9.67 Å². The molecule has 0 spiro atoms. The van der Waals surface area contributed by atoms with Crippen molar-refractivity contribution in [2.24, 2.45) is 0 Å². The third kappa shape index (κ3) is 3.30. The normalized spacial score (nSPS) is 12.1. The van der Waals surface area contributed by atoms with E-state index in [1.807, 2.05) is 95.7 Å². The smallest absolute Gasteiger partial charge is 0.106 e. The third-order valence-corrected chi connectivity index (χ3v) is 4.73. The molecule has 128 valence electrons. The number of halogens is 1. The molecular weight excluding hydrogens is 342 g/mol. The summed E-state index contributed by atoms with van der Waals surface area (Å²) in [6.07, 6.45) is 3.35. The maximum absolute atomic E-state index is 11.0. The fraction of sp³-hybridized carbons (Fsp3) is 0.0435. The second kappa shape index (κ2) is 7.20. The van der Waals surface area contributed by atoms with Crippen molar-refractivity contribution in [1.29, 1.82) is 0 Å². The van der Waals surface area contributed by atoms with Crippen LogP contribution in [0.5, 0.6) is 0 Å². The Morgan fingerprint density at radius 3 is 2.00 bits per heavy atom. The third-order valence-electron chi connectivity index (χ3n) is 4.48. The Kier molecular flexibility index (Phi) is 4.61. The predicted octanol–water partition coefficient (Wildman–Crippen LogP) is 5.88. The molecule has 0 aliphatic heterocycles. The van der Waals surface area contributed by atoms with Crippen molar-refractivity contribution in [3.63, 3.8) is 0 Å². The zero-order chi connectivity index (χ0) is 17.9. The maximum Gasteiger partial charge on any atom is 0.106 e. The maximum atomic E-state index is 11.0. The molecule has 26 heavy (non-hydrogen) atoms. The van der Waals surface area contributed by atoms with Crippen molar-refractivity contribution in [2.75, 3.05) is 0 Å². The summed E-state index contributed by atoms with van der Waals surface area (Å²) in [5, 5.41) is 11.7.